The summed E-state index contributed by atoms with van der Waals surface area (Å²) in [6, 6.07) is 7.59. The fourth-order valence-corrected chi connectivity index (χ4v) is 3.41. The minimum absolute atomic E-state index is 0.710. The molecule has 20 heavy (non-hydrogen) atoms. The van der Waals surface area contributed by atoms with Crippen molar-refractivity contribution in [3.8, 4) is 0 Å². The lowest BCUT2D eigenvalue weighted by atomic mass is 9.86. The lowest BCUT2D eigenvalue weighted by molar-refractivity contribution is 0.336. The second kappa shape index (κ2) is 7.12. The molecule has 0 aromatic heterocycles. The quantitative estimate of drug-likeness (QED) is 0.869. The molecular formula is C18H30N2. The first-order valence-corrected chi connectivity index (χ1v) is 8.15. The van der Waals surface area contributed by atoms with Crippen LogP contribution in [-0.4, -0.2) is 19.6 Å². The number of nitrogens with one attached hydrogen (secondary N) is 1. The summed E-state index contributed by atoms with van der Waals surface area (Å²) in [4.78, 5) is 2.53. The van der Waals surface area contributed by atoms with E-state index in [-0.39, 0.29) is 0 Å². The highest BCUT2D eigenvalue weighted by Gasteiger charge is 2.23. The molecule has 2 heteroatoms. The standard InChI is InChI=1S/C18H30N2/c1-5-19-13-16-11-15(3)9-10-18(16)20(4)17-8-6-7-14(2)12-17/h9-11,14,17,19H,5-8,12-13H2,1-4H3. The highest BCUT2D eigenvalue weighted by atomic mass is 15.1. The van der Waals surface area contributed by atoms with Gasteiger partial charge in [-0.3, -0.25) is 0 Å². The maximum Gasteiger partial charge on any atom is 0.0411 e. The lowest BCUT2D eigenvalue weighted by Crippen LogP contribution is -2.36. The first-order chi connectivity index (χ1) is 9.61. The Balaban J connectivity index is 2.17. The number of hydrogen-bond acceptors (Lipinski definition) is 2. The third-order valence-electron chi connectivity index (χ3n) is 4.64. The van der Waals surface area contributed by atoms with E-state index in [1.165, 1.54) is 42.5 Å². The van der Waals surface area contributed by atoms with Gasteiger partial charge in [0.15, 0.2) is 0 Å². The van der Waals surface area contributed by atoms with E-state index in [4.69, 9.17) is 0 Å². The molecule has 1 aromatic rings. The summed E-state index contributed by atoms with van der Waals surface area (Å²) in [6.07, 6.45) is 5.47. The molecule has 1 aliphatic rings. The maximum atomic E-state index is 3.47. The fraction of sp³-hybridized carbons (Fsp3) is 0.667. The number of hydrogen-bond donors (Lipinski definition) is 1. The fourth-order valence-electron chi connectivity index (χ4n) is 3.41. The number of anilines is 1. The first kappa shape index (κ1) is 15.4. The van der Waals surface area contributed by atoms with Crippen molar-refractivity contribution in [1.82, 2.24) is 5.32 Å². The highest BCUT2D eigenvalue weighted by molar-refractivity contribution is 5.55. The largest absolute Gasteiger partial charge is 0.371 e. The molecule has 0 spiro atoms. The van der Waals surface area contributed by atoms with Crippen molar-refractivity contribution in [2.24, 2.45) is 5.92 Å². The topological polar surface area (TPSA) is 15.3 Å². The van der Waals surface area contributed by atoms with Crippen LogP contribution in [0, 0.1) is 12.8 Å². The Bertz CT molecular complexity index is 427. The van der Waals surface area contributed by atoms with Crippen LogP contribution in [0.15, 0.2) is 18.2 Å². The molecule has 2 nitrogen and oxygen atoms in total. The Morgan fingerprint density at radius 2 is 2.10 bits per heavy atom. The van der Waals surface area contributed by atoms with Crippen LogP contribution >= 0.6 is 0 Å². The van der Waals surface area contributed by atoms with Crippen molar-refractivity contribution >= 4 is 5.69 Å². The van der Waals surface area contributed by atoms with Crippen molar-refractivity contribution < 1.29 is 0 Å². The van der Waals surface area contributed by atoms with Crippen LogP contribution in [0.3, 0.4) is 0 Å². The van der Waals surface area contributed by atoms with Gasteiger partial charge in [-0.1, -0.05) is 44.4 Å². The number of nitrogens with zero attached hydrogens (tertiary/aromatic N) is 1. The molecule has 1 aliphatic carbocycles. The van der Waals surface area contributed by atoms with Gasteiger partial charge in [0.1, 0.15) is 0 Å². The summed E-state index contributed by atoms with van der Waals surface area (Å²) in [7, 11) is 2.28. The monoisotopic (exact) mass is 274 g/mol. The van der Waals surface area contributed by atoms with Gasteiger partial charge in [0, 0.05) is 25.3 Å². The summed E-state index contributed by atoms with van der Waals surface area (Å²) in [5.41, 5.74) is 4.20. The average molecular weight is 274 g/mol. The predicted molar refractivity (Wildman–Crippen MR) is 88.4 cm³/mol. The van der Waals surface area contributed by atoms with Crippen LogP contribution in [0.25, 0.3) is 0 Å². The zero-order valence-corrected chi connectivity index (χ0v) is 13.6. The van der Waals surface area contributed by atoms with E-state index < -0.39 is 0 Å². The summed E-state index contributed by atoms with van der Waals surface area (Å²) < 4.78 is 0. The van der Waals surface area contributed by atoms with Crippen molar-refractivity contribution in [2.75, 3.05) is 18.5 Å². The van der Waals surface area contributed by atoms with E-state index in [2.05, 4.69) is 56.2 Å². The Kier molecular flexibility index (Phi) is 5.47. The van der Waals surface area contributed by atoms with E-state index in [1.54, 1.807) is 0 Å². The van der Waals surface area contributed by atoms with Crippen LogP contribution in [0.5, 0.6) is 0 Å². The summed E-state index contributed by atoms with van der Waals surface area (Å²) >= 11 is 0. The highest BCUT2D eigenvalue weighted by Crippen LogP contribution is 2.31. The molecule has 0 amide bonds. The van der Waals surface area contributed by atoms with Crippen LogP contribution in [0.1, 0.15) is 50.7 Å². The zero-order chi connectivity index (χ0) is 14.5. The van der Waals surface area contributed by atoms with Gasteiger partial charge >= 0.3 is 0 Å². The predicted octanol–water partition coefficient (Wildman–Crippen LogP) is 4.12. The molecule has 2 rings (SSSR count). The Hall–Kier alpha value is -1.02. The van der Waals surface area contributed by atoms with Crippen molar-refractivity contribution in [3.05, 3.63) is 29.3 Å². The zero-order valence-electron chi connectivity index (χ0n) is 13.6. The third kappa shape index (κ3) is 3.76. The number of benzene rings is 1. The summed E-state index contributed by atoms with van der Waals surface area (Å²) in [5, 5.41) is 3.47. The molecule has 0 aliphatic heterocycles. The molecular weight excluding hydrogens is 244 g/mol. The lowest BCUT2D eigenvalue weighted by Gasteiger charge is -2.36. The Labute approximate surface area is 124 Å². The minimum atomic E-state index is 0.710. The van der Waals surface area contributed by atoms with Gasteiger partial charge in [-0.25, -0.2) is 0 Å². The van der Waals surface area contributed by atoms with Crippen LogP contribution < -0.4 is 10.2 Å². The van der Waals surface area contributed by atoms with E-state index in [9.17, 15) is 0 Å². The molecule has 0 radical (unpaired) electrons. The summed E-state index contributed by atoms with van der Waals surface area (Å²) in [5.74, 6) is 0.874. The smallest absolute Gasteiger partial charge is 0.0411 e. The maximum absolute atomic E-state index is 3.47. The van der Waals surface area contributed by atoms with E-state index in [1.807, 2.05) is 0 Å². The SMILES string of the molecule is CCNCc1cc(C)ccc1N(C)C1CCCC(C)C1. The number of aryl methyl sites for hydroxylation is 1. The van der Waals surface area contributed by atoms with Crippen molar-refractivity contribution in [3.63, 3.8) is 0 Å². The van der Waals surface area contributed by atoms with Crippen LogP contribution in [0.4, 0.5) is 5.69 Å². The Morgan fingerprint density at radius 1 is 1.30 bits per heavy atom. The van der Waals surface area contributed by atoms with Gasteiger partial charge in [0.2, 0.25) is 0 Å². The molecule has 2 atom stereocenters. The van der Waals surface area contributed by atoms with E-state index >= 15 is 0 Å². The number of rotatable bonds is 5. The molecule has 1 fully saturated rings. The van der Waals surface area contributed by atoms with E-state index in [0.29, 0.717) is 6.04 Å². The molecule has 0 bridgehead atoms. The molecule has 112 valence electrons. The van der Waals surface area contributed by atoms with Crippen molar-refractivity contribution in [2.45, 2.75) is 59.0 Å². The second-order valence-electron chi connectivity index (χ2n) is 6.45. The minimum Gasteiger partial charge on any atom is -0.371 e. The molecule has 0 heterocycles. The van der Waals surface area contributed by atoms with Crippen molar-refractivity contribution in [1.29, 1.82) is 0 Å². The second-order valence-corrected chi connectivity index (χ2v) is 6.45. The molecule has 2 unspecified atom stereocenters. The van der Waals surface area contributed by atoms with Gasteiger partial charge in [0.05, 0.1) is 0 Å². The van der Waals surface area contributed by atoms with Gasteiger partial charge in [-0.05, 0) is 43.9 Å². The molecule has 1 N–H and O–H groups in total. The molecule has 1 saturated carbocycles. The molecule has 0 saturated heterocycles. The van der Waals surface area contributed by atoms with Gasteiger partial charge in [-0.15, -0.1) is 0 Å². The van der Waals surface area contributed by atoms with Gasteiger partial charge < -0.3 is 10.2 Å². The summed E-state index contributed by atoms with van der Waals surface area (Å²) in [6.45, 7) is 8.75. The van der Waals surface area contributed by atoms with E-state index in [0.717, 1.165) is 19.0 Å². The Morgan fingerprint density at radius 3 is 2.80 bits per heavy atom. The molecule has 1 aromatic carbocycles. The average Bonchev–Trinajstić information content (AvgIpc) is 2.44. The van der Waals surface area contributed by atoms with Crippen LogP contribution in [-0.2, 0) is 6.54 Å². The first-order valence-electron chi connectivity index (χ1n) is 8.15. The third-order valence-corrected chi connectivity index (χ3v) is 4.64. The van der Waals surface area contributed by atoms with Gasteiger partial charge in [0.25, 0.3) is 0 Å². The van der Waals surface area contributed by atoms with Gasteiger partial charge in [-0.2, -0.15) is 0 Å². The normalized spacial score (nSPS) is 22.8. The van der Waals surface area contributed by atoms with Crippen LogP contribution in [0.2, 0.25) is 0 Å².